The van der Waals surface area contributed by atoms with Crippen LogP contribution in [0.2, 0.25) is 0 Å². The van der Waals surface area contributed by atoms with E-state index in [0.717, 1.165) is 22.4 Å². The van der Waals surface area contributed by atoms with Crippen molar-refractivity contribution in [3.05, 3.63) is 58.0 Å². The van der Waals surface area contributed by atoms with Gasteiger partial charge in [0.25, 0.3) is 5.91 Å². The molecule has 31 heavy (non-hydrogen) atoms. The molecule has 1 aliphatic heterocycles. The summed E-state index contributed by atoms with van der Waals surface area (Å²) in [4.78, 5) is 28.5. The summed E-state index contributed by atoms with van der Waals surface area (Å²) in [6, 6.07) is 11.0. The molecule has 0 aliphatic carbocycles. The monoisotopic (exact) mass is 440 g/mol. The van der Waals surface area contributed by atoms with E-state index in [1.54, 1.807) is 24.3 Å². The number of aryl methyl sites for hydroxylation is 2. The Hall–Kier alpha value is -3.26. The number of nitrogens with zero attached hydrogens (tertiary/aromatic N) is 1. The Morgan fingerprint density at radius 1 is 1.23 bits per heavy atom. The predicted molar refractivity (Wildman–Crippen MR) is 122 cm³/mol. The maximum Gasteiger partial charge on any atom is 0.344 e. The number of hydrogen-bond donors (Lipinski definition) is 2. The van der Waals surface area contributed by atoms with Crippen molar-refractivity contribution in [3.8, 4) is 11.5 Å². The first kappa shape index (κ1) is 22.4. The Balaban J connectivity index is 1.83. The second-order valence-corrected chi connectivity index (χ2v) is 8.04. The number of amidine groups is 1. The van der Waals surface area contributed by atoms with Crippen molar-refractivity contribution in [2.75, 3.05) is 6.61 Å². The molecule has 3 rings (SSSR count). The average molecular weight is 441 g/mol. The summed E-state index contributed by atoms with van der Waals surface area (Å²) >= 11 is 1.26. The summed E-state index contributed by atoms with van der Waals surface area (Å²) in [5.74, 6) is -0.549. The molecule has 1 unspecified atom stereocenters. The van der Waals surface area contributed by atoms with Crippen LogP contribution >= 0.6 is 11.8 Å². The summed E-state index contributed by atoms with van der Waals surface area (Å²) in [6.45, 7) is 7.66. The van der Waals surface area contributed by atoms with Gasteiger partial charge in [0.05, 0.1) is 17.2 Å². The highest BCUT2D eigenvalue weighted by Crippen LogP contribution is 2.33. The lowest BCUT2D eigenvalue weighted by Gasteiger charge is -2.15. The van der Waals surface area contributed by atoms with Crippen LogP contribution in [0.25, 0.3) is 6.08 Å². The molecule has 7 nitrogen and oxygen atoms in total. The van der Waals surface area contributed by atoms with Crippen molar-refractivity contribution in [2.45, 2.75) is 33.8 Å². The van der Waals surface area contributed by atoms with E-state index in [9.17, 15) is 9.59 Å². The maximum absolute atomic E-state index is 12.4. The SMILES string of the molecule is CCOc1cc(/C=C2/SC(=Nc3ccc(C)cc3C)NC2=O)ccc1OC(C)C(=O)O. The van der Waals surface area contributed by atoms with Gasteiger partial charge in [-0.3, -0.25) is 4.79 Å². The van der Waals surface area contributed by atoms with Crippen LogP contribution < -0.4 is 14.8 Å². The quantitative estimate of drug-likeness (QED) is 0.618. The van der Waals surface area contributed by atoms with E-state index in [2.05, 4.69) is 10.3 Å². The number of nitrogens with one attached hydrogen (secondary N) is 1. The molecule has 1 atom stereocenters. The highest BCUT2D eigenvalue weighted by atomic mass is 32.2. The third kappa shape index (κ3) is 5.67. The van der Waals surface area contributed by atoms with Crippen molar-refractivity contribution in [2.24, 2.45) is 4.99 Å². The molecule has 1 aliphatic rings. The van der Waals surface area contributed by atoms with E-state index in [0.29, 0.717) is 28.2 Å². The van der Waals surface area contributed by atoms with Gasteiger partial charge in [0.2, 0.25) is 0 Å². The van der Waals surface area contributed by atoms with Gasteiger partial charge < -0.3 is 19.9 Å². The van der Waals surface area contributed by atoms with Gasteiger partial charge in [-0.15, -0.1) is 0 Å². The van der Waals surface area contributed by atoms with Gasteiger partial charge in [-0.1, -0.05) is 23.8 Å². The van der Waals surface area contributed by atoms with Crippen molar-refractivity contribution in [1.29, 1.82) is 0 Å². The number of carboxylic acid groups (broad SMARTS) is 1. The minimum Gasteiger partial charge on any atom is -0.490 e. The standard InChI is InChI=1S/C23H24N2O5S/c1-5-29-19-11-16(7-9-18(19)30-15(4)22(27)28)12-20-21(26)25-23(31-20)24-17-8-6-13(2)10-14(17)3/h6-12,15H,5H2,1-4H3,(H,27,28)(H,24,25,26)/b20-12+. The van der Waals surface area contributed by atoms with E-state index >= 15 is 0 Å². The fraction of sp³-hybridized carbons (Fsp3) is 0.261. The fourth-order valence-electron chi connectivity index (χ4n) is 2.89. The van der Waals surface area contributed by atoms with Crippen molar-refractivity contribution >= 4 is 40.6 Å². The largest absolute Gasteiger partial charge is 0.490 e. The topological polar surface area (TPSA) is 97.2 Å². The lowest BCUT2D eigenvalue weighted by atomic mass is 10.1. The van der Waals surface area contributed by atoms with Crippen molar-refractivity contribution in [3.63, 3.8) is 0 Å². The zero-order valence-corrected chi connectivity index (χ0v) is 18.6. The molecule has 2 N–H and O–H groups in total. The Labute approximate surface area is 185 Å². The van der Waals surface area contributed by atoms with Crippen LogP contribution in [0.5, 0.6) is 11.5 Å². The van der Waals surface area contributed by atoms with Crippen molar-refractivity contribution < 1.29 is 24.2 Å². The van der Waals surface area contributed by atoms with Crippen LogP contribution in [0.3, 0.4) is 0 Å². The van der Waals surface area contributed by atoms with Crippen LogP contribution in [0.4, 0.5) is 5.69 Å². The number of hydrogen-bond acceptors (Lipinski definition) is 6. The number of carbonyl (C=O) groups excluding carboxylic acids is 1. The van der Waals surface area contributed by atoms with E-state index < -0.39 is 12.1 Å². The van der Waals surface area contributed by atoms with Gasteiger partial charge in [0.1, 0.15) is 0 Å². The van der Waals surface area contributed by atoms with Gasteiger partial charge in [0.15, 0.2) is 22.8 Å². The number of carboxylic acids is 1. The molecule has 0 saturated carbocycles. The fourth-order valence-corrected chi connectivity index (χ4v) is 3.73. The molecule has 162 valence electrons. The summed E-state index contributed by atoms with van der Waals surface area (Å²) in [6.07, 6.45) is 0.723. The molecule has 8 heteroatoms. The molecule has 0 radical (unpaired) electrons. The molecule has 0 spiro atoms. The normalized spacial score (nSPS) is 17.0. The molecular weight excluding hydrogens is 416 g/mol. The second kappa shape index (κ2) is 9.70. The zero-order valence-electron chi connectivity index (χ0n) is 17.8. The predicted octanol–water partition coefficient (Wildman–Crippen LogP) is 4.45. The minimum atomic E-state index is -1.07. The molecule has 0 bridgehead atoms. The number of aliphatic imine (C=N–C) groups is 1. The van der Waals surface area contributed by atoms with Gasteiger partial charge >= 0.3 is 5.97 Å². The molecular formula is C23H24N2O5S. The van der Waals surface area contributed by atoms with Gasteiger partial charge in [-0.05, 0) is 74.9 Å². The van der Waals surface area contributed by atoms with Crippen LogP contribution in [-0.2, 0) is 9.59 Å². The third-order valence-corrected chi connectivity index (χ3v) is 5.35. The first-order chi connectivity index (χ1) is 14.8. The Morgan fingerprint density at radius 2 is 2.00 bits per heavy atom. The van der Waals surface area contributed by atoms with Crippen molar-refractivity contribution in [1.82, 2.24) is 5.32 Å². The Bertz CT molecular complexity index is 1080. The highest BCUT2D eigenvalue weighted by Gasteiger charge is 2.24. The molecule has 0 aromatic heterocycles. The summed E-state index contributed by atoms with van der Waals surface area (Å²) < 4.78 is 11.1. The molecule has 1 saturated heterocycles. The van der Waals surface area contributed by atoms with Crippen LogP contribution in [-0.4, -0.2) is 34.9 Å². The van der Waals surface area contributed by atoms with Crippen LogP contribution in [0, 0.1) is 13.8 Å². The number of ether oxygens (including phenoxy) is 2. The molecule has 2 aromatic rings. The van der Waals surface area contributed by atoms with Crippen LogP contribution in [0.15, 0.2) is 46.3 Å². The summed E-state index contributed by atoms with van der Waals surface area (Å²) in [5.41, 5.74) is 3.72. The number of aliphatic carboxylic acids is 1. The summed E-state index contributed by atoms with van der Waals surface area (Å²) in [7, 11) is 0. The molecule has 1 heterocycles. The average Bonchev–Trinajstić information content (AvgIpc) is 3.05. The first-order valence-electron chi connectivity index (χ1n) is 9.80. The number of benzene rings is 2. The van der Waals surface area contributed by atoms with Gasteiger partial charge in [0, 0.05) is 0 Å². The number of rotatable bonds is 7. The summed E-state index contributed by atoms with van der Waals surface area (Å²) in [5, 5.41) is 12.4. The zero-order chi connectivity index (χ0) is 22.5. The first-order valence-corrected chi connectivity index (χ1v) is 10.6. The maximum atomic E-state index is 12.4. The van der Waals surface area contributed by atoms with E-state index in [-0.39, 0.29) is 5.91 Å². The highest BCUT2D eigenvalue weighted by molar-refractivity contribution is 8.18. The number of amides is 1. The molecule has 1 amide bonds. The molecule has 1 fully saturated rings. The lowest BCUT2D eigenvalue weighted by Crippen LogP contribution is -2.23. The second-order valence-electron chi connectivity index (χ2n) is 7.01. The molecule has 2 aromatic carbocycles. The van der Waals surface area contributed by atoms with E-state index in [1.165, 1.54) is 18.7 Å². The minimum absolute atomic E-state index is 0.230. The number of thioether (sulfide) groups is 1. The smallest absolute Gasteiger partial charge is 0.344 e. The van der Waals surface area contributed by atoms with E-state index in [4.69, 9.17) is 14.6 Å². The third-order valence-electron chi connectivity index (χ3n) is 4.44. The number of carbonyl (C=O) groups is 2. The van der Waals surface area contributed by atoms with E-state index in [1.807, 2.05) is 39.0 Å². The Morgan fingerprint density at radius 3 is 2.68 bits per heavy atom. The Kier molecular flexibility index (Phi) is 7.02. The lowest BCUT2D eigenvalue weighted by molar-refractivity contribution is -0.144. The van der Waals surface area contributed by atoms with Gasteiger partial charge in [-0.25, -0.2) is 9.79 Å². The van der Waals surface area contributed by atoms with Gasteiger partial charge in [-0.2, -0.15) is 0 Å². The van der Waals surface area contributed by atoms with Crippen LogP contribution in [0.1, 0.15) is 30.5 Å².